The van der Waals surface area contributed by atoms with Crippen LogP contribution < -0.4 is 9.47 Å². The summed E-state index contributed by atoms with van der Waals surface area (Å²) in [7, 11) is -3.66. The second-order valence-corrected chi connectivity index (χ2v) is 9.23. The molecule has 0 saturated carbocycles. The number of rotatable bonds is 5. The smallest absolute Gasteiger partial charge is 0.243 e. The summed E-state index contributed by atoms with van der Waals surface area (Å²) in [4.78, 5) is 12.8. The lowest BCUT2D eigenvalue weighted by atomic mass is 9.89. The largest absolute Gasteiger partial charge is 0.494 e. The van der Waals surface area contributed by atoms with Gasteiger partial charge < -0.3 is 9.47 Å². The van der Waals surface area contributed by atoms with Crippen LogP contribution in [0, 0.1) is 0 Å². The van der Waals surface area contributed by atoms with Gasteiger partial charge in [-0.2, -0.15) is 4.31 Å². The van der Waals surface area contributed by atoms with Crippen LogP contribution in [0.5, 0.6) is 11.5 Å². The van der Waals surface area contributed by atoms with E-state index in [2.05, 4.69) is 0 Å². The molecule has 0 radical (unpaired) electrons. The molecule has 1 saturated heterocycles. The molecular formula is C21H23NO5S. The van der Waals surface area contributed by atoms with E-state index in [1.165, 1.54) is 4.31 Å². The van der Waals surface area contributed by atoms with E-state index in [9.17, 15) is 13.2 Å². The number of hydrogen-bond donors (Lipinski definition) is 0. The maximum Gasteiger partial charge on any atom is 0.243 e. The number of para-hydroxylation sites is 1. The number of Topliss-reactive ketones (excluding diaryl/α,β-unsaturated/α-hetero) is 1. The van der Waals surface area contributed by atoms with Crippen molar-refractivity contribution in [3.05, 3.63) is 54.1 Å². The lowest BCUT2D eigenvalue weighted by molar-refractivity contribution is 0.0498. The van der Waals surface area contributed by atoms with Crippen LogP contribution >= 0.6 is 0 Å². The van der Waals surface area contributed by atoms with Gasteiger partial charge in [-0.15, -0.1) is 0 Å². The normalized spacial score (nSPS) is 22.1. The zero-order valence-corrected chi connectivity index (χ0v) is 16.6. The van der Waals surface area contributed by atoms with E-state index in [1.54, 1.807) is 42.5 Å². The van der Waals surface area contributed by atoms with Gasteiger partial charge in [0.05, 0.1) is 30.0 Å². The fourth-order valence-corrected chi connectivity index (χ4v) is 5.28. The van der Waals surface area contributed by atoms with Crippen molar-refractivity contribution < 1.29 is 22.7 Å². The fourth-order valence-electron chi connectivity index (χ4n) is 3.76. The first kappa shape index (κ1) is 19.0. The van der Waals surface area contributed by atoms with Crippen LogP contribution in [-0.2, 0) is 10.0 Å². The van der Waals surface area contributed by atoms with E-state index >= 15 is 0 Å². The molecule has 0 amide bonds. The first-order valence-electron chi connectivity index (χ1n) is 9.48. The fraction of sp³-hybridized carbons (Fsp3) is 0.381. The number of carbonyl (C=O) groups excluding carboxylic acids is 1. The van der Waals surface area contributed by atoms with Crippen molar-refractivity contribution in [2.24, 2.45) is 0 Å². The lowest BCUT2D eigenvalue weighted by Crippen LogP contribution is -2.45. The molecule has 1 atom stereocenters. The van der Waals surface area contributed by atoms with Crippen molar-refractivity contribution >= 4 is 15.8 Å². The Morgan fingerprint density at radius 2 is 1.89 bits per heavy atom. The number of hydrogen-bond acceptors (Lipinski definition) is 5. The second-order valence-electron chi connectivity index (χ2n) is 7.29. The number of ketones is 1. The quantitative estimate of drug-likeness (QED) is 0.769. The minimum Gasteiger partial charge on any atom is -0.494 e. The van der Waals surface area contributed by atoms with E-state index in [0.29, 0.717) is 36.6 Å². The van der Waals surface area contributed by atoms with Crippen LogP contribution in [0.1, 0.15) is 36.5 Å². The average Bonchev–Trinajstić information content (AvgIpc) is 3.10. The Balaban J connectivity index is 1.53. The number of nitrogens with zero attached hydrogens (tertiary/aromatic N) is 1. The van der Waals surface area contributed by atoms with Crippen molar-refractivity contribution in [3.8, 4) is 11.5 Å². The number of benzene rings is 2. The molecule has 2 aromatic rings. The van der Waals surface area contributed by atoms with Crippen LogP contribution in [0.25, 0.3) is 0 Å². The van der Waals surface area contributed by atoms with E-state index in [0.717, 1.165) is 6.42 Å². The molecule has 0 aliphatic carbocycles. The predicted octanol–water partition coefficient (Wildman–Crippen LogP) is 3.27. The minimum atomic E-state index is -3.66. The maximum absolute atomic E-state index is 13.1. The summed E-state index contributed by atoms with van der Waals surface area (Å²) < 4.78 is 39.2. The Morgan fingerprint density at radius 1 is 1.14 bits per heavy atom. The molecule has 1 unspecified atom stereocenters. The summed E-state index contributed by atoms with van der Waals surface area (Å²) in [6, 6.07) is 13.6. The topological polar surface area (TPSA) is 72.9 Å². The third-order valence-electron chi connectivity index (χ3n) is 5.21. The molecule has 6 nitrogen and oxygen atoms in total. The van der Waals surface area contributed by atoms with Gasteiger partial charge in [0.2, 0.25) is 10.0 Å². The number of ether oxygens (including phenoxy) is 2. The van der Waals surface area contributed by atoms with Gasteiger partial charge in [-0.05, 0) is 42.8 Å². The molecule has 2 aromatic carbocycles. The molecular weight excluding hydrogens is 378 g/mol. The SMILES string of the molecule is CCCOc1ccc(S(=O)(=O)N2CCC3(CC(=O)c4ccccc4O3)C2)cc1. The van der Waals surface area contributed by atoms with Gasteiger partial charge in [-0.3, -0.25) is 4.79 Å². The van der Waals surface area contributed by atoms with Crippen molar-refractivity contribution in [2.45, 2.75) is 36.7 Å². The summed E-state index contributed by atoms with van der Waals surface area (Å²) in [5.74, 6) is 1.19. The standard InChI is InChI=1S/C21H23NO5S/c1-2-13-26-16-7-9-17(10-8-16)28(24,25)22-12-11-21(15-22)14-19(23)18-5-3-4-6-20(18)27-21/h3-10H,2,11-15H2,1H3. The Bertz CT molecular complexity index is 986. The molecule has 148 valence electrons. The summed E-state index contributed by atoms with van der Waals surface area (Å²) in [5, 5.41) is 0. The molecule has 0 bridgehead atoms. The van der Waals surface area contributed by atoms with Gasteiger partial charge in [-0.25, -0.2) is 8.42 Å². The Kier molecular flexibility index (Phi) is 4.89. The maximum atomic E-state index is 13.1. The van der Waals surface area contributed by atoms with Crippen molar-refractivity contribution in [1.29, 1.82) is 0 Å². The lowest BCUT2D eigenvalue weighted by Gasteiger charge is -2.34. The highest BCUT2D eigenvalue weighted by atomic mass is 32.2. The molecule has 28 heavy (non-hydrogen) atoms. The molecule has 0 N–H and O–H groups in total. The molecule has 2 aliphatic rings. The Labute approximate surface area is 165 Å². The minimum absolute atomic E-state index is 0.00137. The summed E-state index contributed by atoms with van der Waals surface area (Å²) in [6.45, 7) is 3.10. The zero-order valence-electron chi connectivity index (χ0n) is 15.8. The van der Waals surface area contributed by atoms with Crippen molar-refractivity contribution in [1.82, 2.24) is 4.31 Å². The Morgan fingerprint density at radius 3 is 2.64 bits per heavy atom. The first-order chi connectivity index (χ1) is 13.4. The van der Waals surface area contributed by atoms with Crippen LogP contribution in [0.15, 0.2) is 53.4 Å². The van der Waals surface area contributed by atoms with Gasteiger partial charge in [0.25, 0.3) is 0 Å². The van der Waals surface area contributed by atoms with Gasteiger partial charge in [0.15, 0.2) is 5.78 Å². The molecule has 4 rings (SSSR count). The van der Waals surface area contributed by atoms with Crippen LogP contribution in [-0.4, -0.2) is 43.8 Å². The van der Waals surface area contributed by atoms with Gasteiger partial charge in [0, 0.05) is 13.0 Å². The van der Waals surface area contributed by atoms with Crippen molar-refractivity contribution in [3.63, 3.8) is 0 Å². The zero-order chi connectivity index (χ0) is 19.8. The van der Waals surface area contributed by atoms with Crippen LogP contribution in [0.4, 0.5) is 0 Å². The number of sulfonamides is 1. The van der Waals surface area contributed by atoms with E-state index in [-0.39, 0.29) is 23.6 Å². The predicted molar refractivity (Wildman–Crippen MR) is 104 cm³/mol. The van der Waals surface area contributed by atoms with Gasteiger partial charge in [-0.1, -0.05) is 19.1 Å². The third kappa shape index (κ3) is 3.40. The molecule has 7 heteroatoms. The van der Waals surface area contributed by atoms with E-state index in [1.807, 2.05) is 13.0 Å². The van der Waals surface area contributed by atoms with Crippen LogP contribution in [0.2, 0.25) is 0 Å². The molecule has 1 spiro atoms. The monoisotopic (exact) mass is 401 g/mol. The Hall–Kier alpha value is -2.38. The summed E-state index contributed by atoms with van der Waals surface area (Å²) in [6.07, 6.45) is 1.57. The third-order valence-corrected chi connectivity index (χ3v) is 7.07. The number of fused-ring (bicyclic) bond motifs is 1. The van der Waals surface area contributed by atoms with Crippen LogP contribution in [0.3, 0.4) is 0 Å². The highest BCUT2D eigenvalue weighted by molar-refractivity contribution is 7.89. The molecule has 2 heterocycles. The summed E-state index contributed by atoms with van der Waals surface area (Å²) in [5.41, 5.74) is -0.222. The molecule has 1 fully saturated rings. The van der Waals surface area contributed by atoms with E-state index in [4.69, 9.17) is 9.47 Å². The first-order valence-corrected chi connectivity index (χ1v) is 10.9. The van der Waals surface area contributed by atoms with Gasteiger partial charge >= 0.3 is 0 Å². The summed E-state index contributed by atoms with van der Waals surface area (Å²) >= 11 is 0. The van der Waals surface area contributed by atoms with Gasteiger partial charge in [0.1, 0.15) is 17.1 Å². The average molecular weight is 401 g/mol. The second kappa shape index (κ2) is 7.22. The van der Waals surface area contributed by atoms with E-state index < -0.39 is 15.6 Å². The molecule has 0 aromatic heterocycles. The number of carbonyl (C=O) groups is 1. The van der Waals surface area contributed by atoms with Crippen molar-refractivity contribution in [2.75, 3.05) is 19.7 Å². The highest BCUT2D eigenvalue weighted by Gasteiger charge is 2.48. The highest BCUT2D eigenvalue weighted by Crippen LogP contribution is 2.40. The molecule has 2 aliphatic heterocycles.